The highest BCUT2D eigenvalue weighted by molar-refractivity contribution is 5.76. The lowest BCUT2D eigenvalue weighted by molar-refractivity contribution is -0.153. The van der Waals surface area contributed by atoms with Gasteiger partial charge in [-0.25, -0.2) is 0 Å². The van der Waals surface area contributed by atoms with E-state index in [1.807, 2.05) is 6.92 Å². The van der Waals surface area contributed by atoms with Gasteiger partial charge in [-0.1, -0.05) is 33.1 Å². The first kappa shape index (κ1) is 15.5. The van der Waals surface area contributed by atoms with Gasteiger partial charge in [-0.2, -0.15) is 0 Å². The molecule has 0 radical (unpaired) electrons. The molecule has 0 aliphatic carbocycles. The molecule has 18 heavy (non-hydrogen) atoms. The van der Waals surface area contributed by atoms with Crippen LogP contribution in [0.3, 0.4) is 0 Å². The summed E-state index contributed by atoms with van der Waals surface area (Å²) in [6, 6.07) is -0.0863. The van der Waals surface area contributed by atoms with Crippen molar-refractivity contribution in [1.29, 1.82) is 0 Å². The van der Waals surface area contributed by atoms with Crippen molar-refractivity contribution in [2.45, 2.75) is 77.9 Å². The highest BCUT2D eigenvalue weighted by Gasteiger charge is 2.29. The van der Waals surface area contributed by atoms with Gasteiger partial charge in [-0.3, -0.25) is 4.79 Å². The van der Waals surface area contributed by atoms with Gasteiger partial charge in [0, 0.05) is 0 Å². The molecule has 0 spiro atoms. The van der Waals surface area contributed by atoms with Crippen LogP contribution in [-0.4, -0.2) is 24.7 Å². The third kappa shape index (κ3) is 5.38. The predicted octanol–water partition coefficient (Wildman–Crippen LogP) is 3.28. The monoisotopic (exact) mass is 255 g/mol. The minimum Gasteiger partial charge on any atom is -0.462 e. The number of carbonyl (C=O) groups excluding carboxylic acids is 1. The van der Waals surface area contributed by atoms with Crippen molar-refractivity contribution >= 4 is 5.97 Å². The first-order chi connectivity index (χ1) is 8.65. The van der Waals surface area contributed by atoms with E-state index >= 15 is 0 Å². The largest absolute Gasteiger partial charge is 0.462 e. The van der Waals surface area contributed by atoms with Crippen molar-refractivity contribution in [3.63, 3.8) is 0 Å². The zero-order valence-electron chi connectivity index (χ0n) is 12.2. The molecule has 3 nitrogen and oxygen atoms in total. The Balaban J connectivity index is 2.21. The summed E-state index contributed by atoms with van der Waals surface area (Å²) < 4.78 is 5.54. The van der Waals surface area contributed by atoms with Gasteiger partial charge in [-0.15, -0.1) is 0 Å². The molecule has 0 bridgehead atoms. The molecule has 3 heteroatoms. The summed E-state index contributed by atoms with van der Waals surface area (Å²) in [5, 5.41) is 3.28. The molecule has 1 rings (SSSR count). The van der Waals surface area contributed by atoms with E-state index in [1.165, 1.54) is 19.3 Å². The number of esters is 1. The topological polar surface area (TPSA) is 38.3 Å². The van der Waals surface area contributed by atoms with Crippen LogP contribution in [0.15, 0.2) is 0 Å². The van der Waals surface area contributed by atoms with E-state index in [-0.39, 0.29) is 18.1 Å². The van der Waals surface area contributed by atoms with E-state index in [0.29, 0.717) is 5.92 Å². The number of hydrogen-bond acceptors (Lipinski definition) is 3. The van der Waals surface area contributed by atoms with E-state index in [4.69, 9.17) is 4.74 Å². The second-order valence-electron chi connectivity index (χ2n) is 5.65. The van der Waals surface area contributed by atoms with Crippen molar-refractivity contribution < 1.29 is 9.53 Å². The van der Waals surface area contributed by atoms with Crippen LogP contribution < -0.4 is 5.32 Å². The molecule has 0 aromatic carbocycles. The molecule has 1 heterocycles. The van der Waals surface area contributed by atoms with Crippen molar-refractivity contribution in [2.24, 2.45) is 5.92 Å². The molecule has 1 fully saturated rings. The Labute approximate surface area is 112 Å². The summed E-state index contributed by atoms with van der Waals surface area (Å²) in [4.78, 5) is 12.0. The Bertz CT molecular complexity index is 243. The smallest absolute Gasteiger partial charge is 0.323 e. The van der Waals surface area contributed by atoms with Crippen LogP contribution in [0.5, 0.6) is 0 Å². The number of hydrogen-bond donors (Lipinski definition) is 1. The minimum atomic E-state index is -0.0863. The molecular formula is C15H29NO2. The van der Waals surface area contributed by atoms with Gasteiger partial charge < -0.3 is 10.1 Å². The van der Waals surface area contributed by atoms with Gasteiger partial charge >= 0.3 is 5.97 Å². The fourth-order valence-electron chi connectivity index (χ4n) is 2.55. The van der Waals surface area contributed by atoms with E-state index < -0.39 is 0 Å². The fourth-order valence-corrected chi connectivity index (χ4v) is 2.55. The van der Waals surface area contributed by atoms with Crippen LogP contribution in [0.2, 0.25) is 0 Å². The average molecular weight is 255 g/mol. The van der Waals surface area contributed by atoms with Crippen LogP contribution in [0.25, 0.3) is 0 Å². The highest BCUT2D eigenvalue weighted by Crippen LogP contribution is 2.18. The second kappa shape index (κ2) is 8.52. The van der Waals surface area contributed by atoms with Crippen molar-refractivity contribution in [3.05, 3.63) is 0 Å². The number of piperidine rings is 1. The number of unbranched alkanes of at least 4 members (excludes halogenated alkanes) is 3. The summed E-state index contributed by atoms with van der Waals surface area (Å²) in [7, 11) is 0. The Morgan fingerprint density at radius 1 is 1.39 bits per heavy atom. The van der Waals surface area contributed by atoms with Gasteiger partial charge in [0.25, 0.3) is 0 Å². The lowest BCUT2D eigenvalue weighted by Crippen LogP contribution is -2.47. The molecule has 3 unspecified atom stereocenters. The van der Waals surface area contributed by atoms with Gasteiger partial charge in [0.2, 0.25) is 0 Å². The van der Waals surface area contributed by atoms with E-state index in [9.17, 15) is 4.79 Å². The maximum absolute atomic E-state index is 12.0. The zero-order chi connectivity index (χ0) is 13.4. The van der Waals surface area contributed by atoms with E-state index in [0.717, 1.165) is 32.2 Å². The summed E-state index contributed by atoms with van der Waals surface area (Å²) in [6.45, 7) is 7.29. The van der Waals surface area contributed by atoms with Crippen molar-refractivity contribution in [2.75, 3.05) is 6.54 Å². The van der Waals surface area contributed by atoms with Gasteiger partial charge in [0.1, 0.15) is 6.04 Å². The SMILES string of the molecule is CCCCCCC(C)OC(=O)C1NCCCC1C. The Kier molecular flexibility index (Phi) is 7.33. The predicted molar refractivity (Wildman–Crippen MR) is 74.5 cm³/mol. The summed E-state index contributed by atoms with van der Waals surface area (Å²) in [6.07, 6.45) is 8.28. The zero-order valence-corrected chi connectivity index (χ0v) is 12.2. The molecule has 106 valence electrons. The maximum Gasteiger partial charge on any atom is 0.323 e. The van der Waals surface area contributed by atoms with Gasteiger partial charge in [0.15, 0.2) is 0 Å². The van der Waals surface area contributed by atoms with Crippen molar-refractivity contribution in [3.8, 4) is 0 Å². The number of nitrogens with one attached hydrogen (secondary N) is 1. The van der Waals surface area contributed by atoms with Crippen LogP contribution >= 0.6 is 0 Å². The number of rotatable bonds is 7. The highest BCUT2D eigenvalue weighted by atomic mass is 16.5. The lowest BCUT2D eigenvalue weighted by atomic mass is 9.93. The standard InChI is InChI=1S/C15H29NO2/c1-4-5-6-7-10-13(3)18-15(17)14-12(2)9-8-11-16-14/h12-14,16H,4-11H2,1-3H3. The quantitative estimate of drug-likeness (QED) is 0.560. The summed E-state index contributed by atoms with van der Waals surface area (Å²) >= 11 is 0. The lowest BCUT2D eigenvalue weighted by Gasteiger charge is -2.29. The molecular weight excluding hydrogens is 226 g/mol. The molecule has 1 aliphatic rings. The molecule has 1 saturated heterocycles. The first-order valence-electron chi connectivity index (χ1n) is 7.59. The molecule has 0 aromatic heterocycles. The third-order valence-electron chi connectivity index (χ3n) is 3.81. The van der Waals surface area contributed by atoms with Gasteiger partial charge in [-0.05, 0) is 45.1 Å². The van der Waals surface area contributed by atoms with Crippen LogP contribution in [0, 0.1) is 5.92 Å². The maximum atomic E-state index is 12.0. The van der Waals surface area contributed by atoms with Crippen LogP contribution in [0.4, 0.5) is 0 Å². The average Bonchev–Trinajstić information content (AvgIpc) is 2.35. The number of carbonyl (C=O) groups is 1. The minimum absolute atomic E-state index is 0.0507. The molecule has 3 atom stereocenters. The molecule has 0 amide bonds. The van der Waals surface area contributed by atoms with Crippen molar-refractivity contribution in [1.82, 2.24) is 5.32 Å². The van der Waals surface area contributed by atoms with E-state index in [2.05, 4.69) is 19.2 Å². The summed E-state index contributed by atoms with van der Waals surface area (Å²) in [5.74, 6) is 0.351. The molecule has 0 aromatic rings. The Hall–Kier alpha value is -0.570. The van der Waals surface area contributed by atoms with Crippen LogP contribution in [-0.2, 0) is 9.53 Å². The van der Waals surface area contributed by atoms with Gasteiger partial charge in [0.05, 0.1) is 6.10 Å². The first-order valence-corrected chi connectivity index (χ1v) is 7.59. The number of ether oxygens (including phenoxy) is 1. The normalized spacial score (nSPS) is 25.7. The molecule has 1 N–H and O–H groups in total. The summed E-state index contributed by atoms with van der Waals surface area (Å²) in [5.41, 5.74) is 0. The second-order valence-corrected chi connectivity index (χ2v) is 5.65. The molecule has 1 aliphatic heterocycles. The third-order valence-corrected chi connectivity index (χ3v) is 3.81. The molecule has 0 saturated carbocycles. The Morgan fingerprint density at radius 3 is 2.83 bits per heavy atom. The fraction of sp³-hybridized carbons (Fsp3) is 0.933. The van der Waals surface area contributed by atoms with E-state index in [1.54, 1.807) is 0 Å². The Morgan fingerprint density at radius 2 is 2.17 bits per heavy atom. The van der Waals surface area contributed by atoms with Crippen LogP contribution in [0.1, 0.15) is 65.7 Å².